The molecule has 2 rings (SSSR count). The molecule has 2 aromatic carbocycles. The van der Waals surface area contributed by atoms with Crippen molar-refractivity contribution in [3.8, 4) is 23.0 Å². The number of rotatable bonds is 14. The number of nitrogens with one attached hydrogen (secondary N) is 1. The van der Waals surface area contributed by atoms with Crippen molar-refractivity contribution < 1.29 is 18.9 Å². The Morgan fingerprint density at radius 1 is 0.800 bits per heavy atom. The lowest BCUT2D eigenvalue weighted by Crippen LogP contribution is -2.14. The second-order valence-electron chi connectivity index (χ2n) is 7.11. The van der Waals surface area contributed by atoms with E-state index in [-0.39, 0.29) is 0 Å². The number of hydrogen-bond donors (Lipinski definition) is 1. The van der Waals surface area contributed by atoms with Crippen molar-refractivity contribution in [1.29, 1.82) is 0 Å². The predicted octanol–water partition coefficient (Wildman–Crippen LogP) is 6.00. The molecule has 0 fully saturated rings. The van der Waals surface area contributed by atoms with Gasteiger partial charge in [0.15, 0.2) is 23.0 Å². The Morgan fingerprint density at radius 2 is 1.47 bits per heavy atom. The first-order valence-electron chi connectivity index (χ1n) is 10.5. The Hall–Kier alpha value is -2.11. The average Bonchev–Trinajstić information content (AvgIpc) is 2.77. The molecule has 0 aliphatic rings. The van der Waals surface area contributed by atoms with E-state index in [0.717, 1.165) is 29.0 Å². The van der Waals surface area contributed by atoms with E-state index in [1.807, 2.05) is 18.2 Å². The van der Waals surface area contributed by atoms with Gasteiger partial charge in [-0.25, -0.2) is 0 Å². The van der Waals surface area contributed by atoms with Crippen LogP contribution in [0, 0.1) is 0 Å². The molecule has 0 spiro atoms. The highest BCUT2D eigenvalue weighted by molar-refractivity contribution is 6.31. The molecule has 166 valence electrons. The molecule has 0 aliphatic heterocycles. The molecule has 0 radical (unpaired) electrons. The number of halogens is 1. The molecule has 0 aliphatic carbocycles. The Morgan fingerprint density at radius 3 is 2.17 bits per heavy atom. The van der Waals surface area contributed by atoms with E-state index in [9.17, 15) is 0 Å². The van der Waals surface area contributed by atoms with Crippen LogP contribution < -0.4 is 24.3 Å². The van der Waals surface area contributed by atoms with E-state index < -0.39 is 0 Å². The largest absolute Gasteiger partial charge is 0.493 e. The van der Waals surface area contributed by atoms with Gasteiger partial charge < -0.3 is 24.3 Å². The summed E-state index contributed by atoms with van der Waals surface area (Å²) in [5.41, 5.74) is 2.00. The van der Waals surface area contributed by atoms with Crippen molar-refractivity contribution in [2.45, 2.75) is 52.1 Å². The summed E-state index contributed by atoms with van der Waals surface area (Å²) in [6.45, 7) is 4.14. The highest BCUT2D eigenvalue weighted by atomic mass is 35.5. The van der Waals surface area contributed by atoms with Crippen LogP contribution in [0.15, 0.2) is 30.3 Å². The Kier molecular flexibility index (Phi) is 10.7. The van der Waals surface area contributed by atoms with Crippen LogP contribution in [0.2, 0.25) is 5.02 Å². The summed E-state index contributed by atoms with van der Waals surface area (Å²) >= 11 is 6.40. The third-order valence-electron chi connectivity index (χ3n) is 4.96. The van der Waals surface area contributed by atoms with E-state index in [1.165, 1.54) is 25.7 Å². The number of unbranched alkanes of at least 4 members (excludes halogenated alkanes) is 4. The number of para-hydroxylation sites is 1. The van der Waals surface area contributed by atoms with Gasteiger partial charge in [0.2, 0.25) is 0 Å². The second kappa shape index (κ2) is 13.2. The first kappa shape index (κ1) is 24.2. The van der Waals surface area contributed by atoms with E-state index in [1.54, 1.807) is 27.4 Å². The van der Waals surface area contributed by atoms with Gasteiger partial charge in [-0.3, -0.25) is 0 Å². The lowest BCUT2D eigenvalue weighted by molar-refractivity contribution is 0.281. The van der Waals surface area contributed by atoms with Gasteiger partial charge in [0, 0.05) is 29.7 Å². The van der Waals surface area contributed by atoms with Gasteiger partial charge in [-0.05, 0) is 24.1 Å². The molecule has 30 heavy (non-hydrogen) atoms. The summed E-state index contributed by atoms with van der Waals surface area (Å²) in [5, 5.41) is 4.07. The highest BCUT2D eigenvalue weighted by Crippen LogP contribution is 2.34. The normalized spacial score (nSPS) is 10.7. The Bertz CT molecular complexity index is 782. The van der Waals surface area contributed by atoms with E-state index in [4.69, 9.17) is 30.5 Å². The highest BCUT2D eigenvalue weighted by Gasteiger charge is 2.12. The third-order valence-corrected chi connectivity index (χ3v) is 5.31. The van der Waals surface area contributed by atoms with Gasteiger partial charge in [-0.1, -0.05) is 56.3 Å². The molecule has 0 bridgehead atoms. The summed E-state index contributed by atoms with van der Waals surface area (Å²) in [7, 11) is 4.88. The van der Waals surface area contributed by atoms with Crippen molar-refractivity contribution >= 4 is 11.6 Å². The molecule has 2 aromatic rings. The third kappa shape index (κ3) is 6.99. The van der Waals surface area contributed by atoms with Crippen molar-refractivity contribution in [1.82, 2.24) is 5.32 Å². The van der Waals surface area contributed by atoms with Crippen LogP contribution in [0.5, 0.6) is 23.0 Å². The molecule has 0 saturated heterocycles. The Balaban J connectivity index is 1.99. The first-order valence-corrected chi connectivity index (χ1v) is 10.9. The number of ether oxygens (including phenoxy) is 4. The minimum absolute atomic E-state index is 0.590. The van der Waals surface area contributed by atoms with E-state index >= 15 is 0 Å². The summed E-state index contributed by atoms with van der Waals surface area (Å²) in [5.74, 6) is 2.84. The van der Waals surface area contributed by atoms with Gasteiger partial charge in [-0.2, -0.15) is 0 Å². The lowest BCUT2D eigenvalue weighted by Gasteiger charge is -2.16. The summed E-state index contributed by atoms with van der Waals surface area (Å²) in [6.07, 6.45) is 6.02. The SMILES string of the molecule is CCCCCCCOc1c(CNCc2cc(OC)c(OC)cc2Cl)cccc1OC. The van der Waals surface area contributed by atoms with Crippen LogP contribution in [-0.4, -0.2) is 27.9 Å². The molecular formula is C24H34ClNO4. The molecule has 0 heterocycles. The molecule has 0 saturated carbocycles. The second-order valence-corrected chi connectivity index (χ2v) is 7.52. The quantitative estimate of drug-likeness (QED) is 0.368. The monoisotopic (exact) mass is 435 g/mol. The van der Waals surface area contributed by atoms with Gasteiger partial charge in [-0.15, -0.1) is 0 Å². The standard InChI is InChI=1S/C24H34ClNO4/c1-5-6-7-8-9-13-30-24-18(11-10-12-21(24)27-2)16-26-17-19-14-22(28-3)23(29-4)15-20(19)25/h10-12,14-15,26H,5-9,13,16-17H2,1-4H3. The molecule has 0 unspecified atom stereocenters. The van der Waals surface area contributed by atoms with Gasteiger partial charge in [0.25, 0.3) is 0 Å². The van der Waals surface area contributed by atoms with Gasteiger partial charge in [0.05, 0.1) is 27.9 Å². The van der Waals surface area contributed by atoms with Crippen molar-refractivity contribution in [2.24, 2.45) is 0 Å². The van der Waals surface area contributed by atoms with Crippen LogP contribution in [0.25, 0.3) is 0 Å². The van der Waals surface area contributed by atoms with E-state index in [2.05, 4.69) is 18.3 Å². The number of methoxy groups -OCH3 is 3. The van der Waals surface area contributed by atoms with Crippen molar-refractivity contribution in [3.63, 3.8) is 0 Å². The Labute approximate surface area is 185 Å². The fourth-order valence-corrected chi connectivity index (χ4v) is 3.49. The lowest BCUT2D eigenvalue weighted by atomic mass is 10.1. The molecule has 1 N–H and O–H groups in total. The zero-order valence-electron chi connectivity index (χ0n) is 18.6. The van der Waals surface area contributed by atoms with Crippen LogP contribution >= 0.6 is 11.6 Å². The van der Waals surface area contributed by atoms with Crippen LogP contribution in [0.1, 0.15) is 50.2 Å². The smallest absolute Gasteiger partial charge is 0.165 e. The zero-order chi connectivity index (χ0) is 21.8. The molecule has 5 nitrogen and oxygen atoms in total. The molecular weight excluding hydrogens is 402 g/mol. The van der Waals surface area contributed by atoms with Crippen LogP contribution in [0.4, 0.5) is 0 Å². The topological polar surface area (TPSA) is 49.0 Å². The van der Waals surface area contributed by atoms with Gasteiger partial charge >= 0.3 is 0 Å². The summed E-state index contributed by atoms with van der Waals surface area (Å²) in [6, 6.07) is 9.64. The minimum Gasteiger partial charge on any atom is -0.493 e. The zero-order valence-corrected chi connectivity index (χ0v) is 19.3. The van der Waals surface area contributed by atoms with Crippen molar-refractivity contribution in [2.75, 3.05) is 27.9 Å². The fourth-order valence-electron chi connectivity index (χ4n) is 3.27. The predicted molar refractivity (Wildman–Crippen MR) is 122 cm³/mol. The maximum atomic E-state index is 6.40. The van der Waals surface area contributed by atoms with E-state index in [0.29, 0.717) is 36.2 Å². The molecule has 0 aromatic heterocycles. The molecule has 6 heteroatoms. The maximum Gasteiger partial charge on any atom is 0.165 e. The van der Waals surface area contributed by atoms with Crippen LogP contribution in [0.3, 0.4) is 0 Å². The minimum atomic E-state index is 0.590. The van der Waals surface area contributed by atoms with Crippen LogP contribution in [-0.2, 0) is 13.1 Å². The summed E-state index contributed by atoms with van der Waals surface area (Å²) < 4.78 is 22.3. The maximum absolute atomic E-state index is 6.40. The molecule has 0 atom stereocenters. The fraction of sp³-hybridized carbons (Fsp3) is 0.500. The van der Waals surface area contributed by atoms with Gasteiger partial charge in [0.1, 0.15) is 0 Å². The number of hydrogen-bond acceptors (Lipinski definition) is 5. The average molecular weight is 436 g/mol. The van der Waals surface area contributed by atoms with Crippen molar-refractivity contribution in [3.05, 3.63) is 46.5 Å². The molecule has 0 amide bonds. The number of benzene rings is 2. The summed E-state index contributed by atoms with van der Waals surface area (Å²) in [4.78, 5) is 0. The first-order chi connectivity index (χ1) is 14.6.